The molecule has 70 valence electrons. The van der Waals surface area contributed by atoms with E-state index in [1.165, 1.54) is 0 Å². The molecule has 0 saturated carbocycles. The van der Waals surface area contributed by atoms with E-state index < -0.39 is 0 Å². The van der Waals surface area contributed by atoms with Gasteiger partial charge in [-0.3, -0.25) is 0 Å². The van der Waals surface area contributed by atoms with Crippen LogP contribution in [0.15, 0.2) is 31.2 Å². The highest BCUT2D eigenvalue weighted by Crippen LogP contribution is 1.92. The van der Waals surface area contributed by atoms with Crippen molar-refractivity contribution >= 4 is 0 Å². The van der Waals surface area contributed by atoms with Crippen molar-refractivity contribution in [1.82, 2.24) is 19.1 Å². The second-order valence-electron chi connectivity index (χ2n) is 2.93. The maximum Gasteiger partial charge on any atom is 0.111 e. The van der Waals surface area contributed by atoms with Gasteiger partial charge in [-0.2, -0.15) is 0 Å². The molecule has 0 bridgehead atoms. The smallest absolute Gasteiger partial charge is 0.111 e. The number of rotatable bonds is 1. The van der Waals surface area contributed by atoms with Crippen LogP contribution in [0.25, 0.3) is 0 Å². The molecule has 0 N–H and O–H groups in total. The SMILES string of the molecule is Cn1cncc1C#CCn1ccnc1. The van der Waals surface area contributed by atoms with Crippen molar-refractivity contribution in [2.24, 2.45) is 7.05 Å². The summed E-state index contributed by atoms with van der Waals surface area (Å²) in [7, 11) is 1.92. The molecular weight excluding hydrogens is 176 g/mol. The Balaban J connectivity index is 2.05. The molecule has 0 spiro atoms. The monoisotopic (exact) mass is 186 g/mol. The van der Waals surface area contributed by atoms with E-state index in [4.69, 9.17) is 0 Å². The summed E-state index contributed by atoms with van der Waals surface area (Å²) >= 11 is 0. The third-order valence-electron chi connectivity index (χ3n) is 1.85. The second kappa shape index (κ2) is 3.79. The van der Waals surface area contributed by atoms with Crippen molar-refractivity contribution < 1.29 is 0 Å². The Morgan fingerprint density at radius 2 is 2.29 bits per heavy atom. The summed E-state index contributed by atoms with van der Waals surface area (Å²) < 4.78 is 3.81. The number of imidazole rings is 2. The quantitative estimate of drug-likeness (QED) is 0.613. The first-order valence-electron chi connectivity index (χ1n) is 4.27. The predicted molar refractivity (Wildman–Crippen MR) is 52.3 cm³/mol. The first-order chi connectivity index (χ1) is 6.86. The van der Waals surface area contributed by atoms with Crippen molar-refractivity contribution in [3.8, 4) is 11.8 Å². The van der Waals surface area contributed by atoms with Gasteiger partial charge < -0.3 is 9.13 Å². The van der Waals surface area contributed by atoms with E-state index in [0.717, 1.165) is 5.69 Å². The average molecular weight is 186 g/mol. The lowest BCUT2D eigenvalue weighted by Gasteiger charge is -1.92. The van der Waals surface area contributed by atoms with Gasteiger partial charge in [-0.1, -0.05) is 5.92 Å². The molecule has 2 aromatic heterocycles. The fraction of sp³-hybridized carbons (Fsp3) is 0.200. The van der Waals surface area contributed by atoms with Crippen LogP contribution in [0, 0.1) is 11.8 Å². The Morgan fingerprint density at radius 3 is 2.93 bits per heavy atom. The van der Waals surface area contributed by atoms with E-state index in [1.54, 1.807) is 25.0 Å². The highest BCUT2D eigenvalue weighted by molar-refractivity contribution is 5.25. The van der Waals surface area contributed by atoms with Crippen molar-refractivity contribution in [2.45, 2.75) is 6.54 Å². The Labute approximate surface area is 82.2 Å². The van der Waals surface area contributed by atoms with Crippen LogP contribution in [0.5, 0.6) is 0 Å². The topological polar surface area (TPSA) is 35.6 Å². The van der Waals surface area contributed by atoms with Gasteiger partial charge in [0.15, 0.2) is 0 Å². The Kier molecular flexibility index (Phi) is 2.32. The number of aryl methyl sites for hydroxylation is 1. The summed E-state index contributed by atoms with van der Waals surface area (Å²) in [4.78, 5) is 7.91. The zero-order valence-corrected chi connectivity index (χ0v) is 7.88. The molecule has 0 radical (unpaired) electrons. The number of nitrogens with zero attached hydrogens (tertiary/aromatic N) is 4. The standard InChI is InChI=1S/C10H10N4/c1-13-8-12-7-10(13)3-2-5-14-6-4-11-9-14/h4,6-9H,5H2,1H3. The van der Waals surface area contributed by atoms with Crippen LogP contribution in [0.1, 0.15) is 5.69 Å². The molecule has 4 heteroatoms. The third-order valence-corrected chi connectivity index (χ3v) is 1.85. The van der Waals surface area contributed by atoms with Crippen molar-refractivity contribution in [2.75, 3.05) is 0 Å². The Bertz CT molecular complexity index is 456. The molecule has 0 aliphatic carbocycles. The van der Waals surface area contributed by atoms with Gasteiger partial charge >= 0.3 is 0 Å². The molecule has 2 rings (SSSR count). The molecule has 0 aromatic carbocycles. The van der Waals surface area contributed by atoms with Gasteiger partial charge in [0, 0.05) is 19.4 Å². The Hall–Kier alpha value is -2.02. The molecule has 0 amide bonds. The molecule has 2 aromatic rings. The van der Waals surface area contributed by atoms with E-state index in [1.807, 2.05) is 22.4 Å². The molecule has 0 aliphatic heterocycles. The minimum atomic E-state index is 0.658. The van der Waals surface area contributed by atoms with Crippen LogP contribution in [-0.2, 0) is 13.6 Å². The zero-order valence-electron chi connectivity index (χ0n) is 7.88. The van der Waals surface area contributed by atoms with E-state index in [2.05, 4.69) is 21.8 Å². The van der Waals surface area contributed by atoms with E-state index in [0.29, 0.717) is 6.54 Å². The molecule has 0 fully saturated rings. The molecule has 0 saturated heterocycles. The van der Waals surface area contributed by atoms with Crippen LogP contribution < -0.4 is 0 Å². The molecule has 0 unspecified atom stereocenters. The van der Waals surface area contributed by atoms with Crippen LogP contribution in [0.2, 0.25) is 0 Å². The normalized spacial score (nSPS) is 9.50. The van der Waals surface area contributed by atoms with Gasteiger partial charge in [0.1, 0.15) is 5.69 Å². The maximum absolute atomic E-state index is 3.98. The molecular formula is C10H10N4. The van der Waals surface area contributed by atoms with Gasteiger partial charge in [-0.05, 0) is 5.92 Å². The van der Waals surface area contributed by atoms with Gasteiger partial charge in [0.05, 0.1) is 25.4 Å². The summed E-state index contributed by atoms with van der Waals surface area (Å²) in [6.45, 7) is 0.658. The lowest BCUT2D eigenvalue weighted by Crippen LogP contribution is -1.92. The maximum atomic E-state index is 3.98. The minimum absolute atomic E-state index is 0.658. The summed E-state index contributed by atoms with van der Waals surface area (Å²) in [5, 5.41) is 0. The van der Waals surface area contributed by atoms with Gasteiger partial charge in [0.25, 0.3) is 0 Å². The lowest BCUT2D eigenvalue weighted by atomic mass is 10.4. The molecule has 0 aliphatic rings. The van der Waals surface area contributed by atoms with Crippen molar-refractivity contribution in [3.63, 3.8) is 0 Å². The predicted octanol–water partition coefficient (Wildman–Crippen LogP) is 0.668. The highest BCUT2D eigenvalue weighted by Gasteiger charge is 1.90. The van der Waals surface area contributed by atoms with E-state index in [9.17, 15) is 0 Å². The Morgan fingerprint density at radius 1 is 1.36 bits per heavy atom. The largest absolute Gasteiger partial charge is 0.327 e. The van der Waals surface area contributed by atoms with Crippen LogP contribution in [-0.4, -0.2) is 19.1 Å². The van der Waals surface area contributed by atoms with Gasteiger partial charge in [-0.25, -0.2) is 9.97 Å². The summed E-state index contributed by atoms with van der Waals surface area (Å²) in [5.41, 5.74) is 0.921. The minimum Gasteiger partial charge on any atom is -0.327 e. The van der Waals surface area contributed by atoms with Gasteiger partial charge in [0.2, 0.25) is 0 Å². The average Bonchev–Trinajstić information content (AvgIpc) is 2.78. The molecule has 0 atom stereocenters. The first kappa shape index (κ1) is 8.57. The second-order valence-corrected chi connectivity index (χ2v) is 2.93. The summed E-state index contributed by atoms with van der Waals surface area (Å²) in [5.74, 6) is 6.08. The van der Waals surface area contributed by atoms with Crippen LogP contribution in [0.4, 0.5) is 0 Å². The van der Waals surface area contributed by atoms with Crippen molar-refractivity contribution in [1.29, 1.82) is 0 Å². The number of aromatic nitrogens is 4. The van der Waals surface area contributed by atoms with Crippen molar-refractivity contribution in [3.05, 3.63) is 36.9 Å². The third kappa shape index (κ3) is 1.83. The molecule has 2 heterocycles. The molecule has 4 nitrogen and oxygen atoms in total. The number of hydrogen-bond acceptors (Lipinski definition) is 2. The van der Waals surface area contributed by atoms with Crippen LogP contribution >= 0.6 is 0 Å². The lowest BCUT2D eigenvalue weighted by molar-refractivity contribution is 0.838. The highest BCUT2D eigenvalue weighted by atomic mass is 15.0. The molecule has 14 heavy (non-hydrogen) atoms. The van der Waals surface area contributed by atoms with Crippen LogP contribution in [0.3, 0.4) is 0 Å². The number of hydrogen-bond donors (Lipinski definition) is 0. The van der Waals surface area contributed by atoms with E-state index >= 15 is 0 Å². The fourth-order valence-corrected chi connectivity index (χ4v) is 1.08. The van der Waals surface area contributed by atoms with Gasteiger partial charge in [-0.15, -0.1) is 0 Å². The van der Waals surface area contributed by atoms with E-state index in [-0.39, 0.29) is 0 Å². The first-order valence-corrected chi connectivity index (χ1v) is 4.27. The summed E-state index contributed by atoms with van der Waals surface area (Å²) in [6, 6.07) is 0. The summed E-state index contributed by atoms with van der Waals surface area (Å²) in [6.07, 6.45) is 8.86. The zero-order chi connectivity index (χ0) is 9.80. The fourth-order valence-electron chi connectivity index (χ4n) is 1.08.